The van der Waals surface area contributed by atoms with Crippen molar-refractivity contribution < 1.29 is 19.0 Å². The van der Waals surface area contributed by atoms with Gasteiger partial charge in [0, 0.05) is 13.0 Å². The number of carbonyl (C=O) groups is 1. The number of hydrogen-bond donors (Lipinski definition) is 0. The molecule has 0 N–H and O–H groups in total. The molecule has 0 aliphatic rings. The van der Waals surface area contributed by atoms with E-state index in [-0.39, 0.29) is 5.97 Å². The number of rotatable bonds is 12. The summed E-state index contributed by atoms with van der Waals surface area (Å²) < 4.78 is 16.6. The van der Waals surface area contributed by atoms with Crippen LogP contribution in [0.25, 0.3) is 5.57 Å². The van der Waals surface area contributed by atoms with Gasteiger partial charge < -0.3 is 19.1 Å². The standard InChI is InChI=1S/C31H37NO4/c1-6-30(33)36-29-18-12-26(13-19-29)31(23(2)22-24-8-14-27(34-5)15-9-24)25-10-16-28(17-11-25)35-21-7-20-32(3)4/h8-19H,6-7,20-22H2,1-5H3/b31-23-. The highest BCUT2D eigenvalue weighted by Gasteiger charge is 2.12. The molecular weight excluding hydrogens is 450 g/mol. The number of allylic oxidation sites excluding steroid dienone is 1. The highest BCUT2D eigenvalue weighted by molar-refractivity contribution is 5.83. The van der Waals surface area contributed by atoms with Crippen LogP contribution in [-0.2, 0) is 11.2 Å². The van der Waals surface area contributed by atoms with Crippen LogP contribution in [0.3, 0.4) is 0 Å². The molecule has 0 saturated carbocycles. The van der Waals surface area contributed by atoms with Crippen LogP contribution in [0.2, 0.25) is 0 Å². The minimum Gasteiger partial charge on any atom is -0.497 e. The average molecular weight is 488 g/mol. The molecule has 3 aromatic rings. The Hall–Kier alpha value is -3.57. The Morgan fingerprint density at radius 3 is 1.89 bits per heavy atom. The molecule has 0 bridgehead atoms. The number of ether oxygens (including phenoxy) is 3. The Morgan fingerprint density at radius 2 is 1.36 bits per heavy atom. The molecule has 0 unspecified atom stereocenters. The lowest BCUT2D eigenvalue weighted by atomic mass is 9.90. The van der Waals surface area contributed by atoms with Crippen LogP contribution >= 0.6 is 0 Å². The summed E-state index contributed by atoms with van der Waals surface area (Å²) in [7, 11) is 5.81. The van der Waals surface area contributed by atoms with Gasteiger partial charge in [-0.25, -0.2) is 0 Å². The molecule has 5 nitrogen and oxygen atoms in total. The van der Waals surface area contributed by atoms with Gasteiger partial charge in [-0.05, 0) is 92.5 Å². The molecule has 0 radical (unpaired) electrons. The van der Waals surface area contributed by atoms with Crippen molar-refractivity contribution >= 4 is 11.5 Å². The number of methoxy groups -OCH3 is 1. The van der Waals surface area contributed by atoms with Crippen LogP contribution < -0.4 is 14.2 Å². The summed E-state index contributed by atoms with van der Waals surface area (Å²) in [5.74, 6) is 2.03. The van der Waals surface area contributed by atoms with Crippen LogP contribution in [0.4, 0.5) is 0 Å². The first-order chi connectivity index (χ1) is 17.4. The Balaban J connectivity index is 1.88. The smallest absolute Gasteiger partial charge is 0.310 e. The summed E-state index contributed by atoms with van der Waals surface area (Å²) in [5, 5.41) is 0. The van der Waals surface area contributed by atoms with Crippen LogP contribution in [-0.4, -0.2) is 45.2 Å². The molecule has 0 amide bonds. The Morgan fingerprint density at radius 1 is 0.806 bits per heavy atom. The lowest BCUT2D eigenvalue weighted by molar-refractivity contribution is -0.134. The predicted molar refractivity (Wildman–Crippen MR) is 146 cm³/mol. The Bertz CT molecular complexity index is 1130. The van der Waals surface area contributed by atoms with E-state index in [0.717, 1.165) is 47.6 Å². The van der Waals surface area contributed by atoms with Crippen LogP contribution in [0.5, 0.6) is 17.2 Å². The summed E-state index contributed by atoms with van der Waals surface area (Å²) in [4.78, 5) is 13.8. The van der Waals surface area contributed by atoms with E-state index >= 15 is 0 Å². The Kier molecular flexibility index (Phi) is 10.1. The molecule has 0 aromatic heterocycles. The van der Waals surface area contributed by atoms with Crippen molar-refractivity contribution in [2.75, 3.05) is 34.4 Å². The fourth-order valence-corrected chi connectivity index (χ4v) is 3.98. The van der Waals surface area contributed by atoms with Crippen molar-refractivity contribution in [1.82, 2.24) is 4.90 Å². The van der Waals surface area contributed by atoms with E-state index in [4.69, 9.17) is 14.2 Å². The number of hydrogen-bond acceptors (Lipinski definition) is 5. The summed E-state index contributed by atoms with van der Waals surface area (Å²) in [6, 6.07) is 24.2. The van der Waals surface area contributed by atoms with Gasteiger partial charge in [0.1, 0.15) is 17.2 Å². The van der Waals surface area contributed by atoms with E-state index < -0.39 is 0 Å². The van der Waals surface area contributed by atoms with Gasteiger partial charge in [-0.2, -0.15) is 0 Å². The molecule has 3 rings (SSSR count). The predicted octanol–water partition coefficient (Wildman–Crippen LogP) is 6.41. The highest BCUT2D eigenvalue weighted by Crippen LogP contribution is 2.31. The van der Waals surface area contributed by atoms with Crippen molar-refractivity contribution in [3.05, 3.63) is 95.1 Å². The minimum absolute atomic E-state index is 0.240. The normalized spacial score (nSPS) is 11.7. The number of benzene rings is 3. The number of nitrogens with zero attached hydrogens (tertiary/aromatic N) is 1. The first-order valence-corrected chi connectivity index (χ1v) is 12.4. The van der Waals surface area contributed by atoms with E-state index in [2.05, 4.69) is 50.2 Å². The molecule has 190 valence electrons. The molecule has 3 aromatic carbocycles. The van der Waals surface area contributed by atoms with Gasteiger partial charge >= 0.3 is 5.97 Å². The van der Waals surface area contributed by atoms with Crippen molar-refractivity contribution in [2.24, 2.45) is 0 Å². The number of carbonyl (C=O) groups excluding carboxylic acids is 1. The van der Waals surface area contributed by atoms with Gasteiger partial charge in [0.15, 0.2) is 0 Å². The second kappa shape index (κ2) is 13.5. The molecule has 5 heteroatoms. The van der Waals surface area contributed by atoms with Gasteiger partial charge in [-0.15, -0.1) is 0 Å². The SMILES string of the molecule is CCC(=O)Oc1ccc(/C(=C(/C)Cc2ccc(OC)cc2)c2ccc(OCCCN(C)C)cc2)cc1. The maximum atomic E-state index is 11.7. The molecular formula is C31H37NO4. The lowest BCUT2D eigenvalue weighted by Gasteiger charge is -2.16. The molecule has 0 heterocycles. The van der Waals surface area contributed by atoms with Crippen molar-refractivity contribution in [3.8, 4) is 17.2 Å². The van der Waals surface area contributed by atoms with E-state index in [1.165, 1.54) is 11.1 Å². The number of esters is 1. The van der Waals surface area contributed by atoms with Gasteiger partial charge in [0.05, 0.1) is 13.7 Å². The third kappa shape index (κ3) is 7.99. The fourth-order valence-electron chi connectivity index (χ4n) is 3.98. The van der Waals surface area contributed by atoms with Gasteiger partial charge in [0.25, 0.3) is 0 Å². The summed E-state index contributed by atoms with van der Waals surface area (Å²) in [6.07, 6.45) is 2.13. The summed E-state index contributed by atoms with van der Waals surface area (Å²) in [5.41, 5.74) is 5.77. The van der Waals surface area contributed by atoms with Crippen LogP contribution in [0.15, 0.2) is 78.4 Å². The van der Waals surface area contributed by atoms with Gasteiger partial charge in [-0.1, -0.05) is 48.9 Å². The zero-order valence-electron chi connectivity index (χ0n) is 22.0. The molecule has 0 aliphatic carbocycles. The van der Waals surface area contributed by atoms with E-state index in [9.17, 15) is 4.79 Å². The monoisotopic (exact) mass is 487 g/mol. The Labute approximate surface area is 215 Å². The zero-order chi connectivity index (χ0) is 25.9. The largest absolute Gasteiger partial charge is 0.497 e. The third-order valence-electron chi connectivity index (χ3n) is 5.88. The molecule has 0 saturated heterocycles. The lowest BCUT2D eigenvalue weighted by Crippen LogP contribution is -2.15. The van der Waals surface area contributed by atoms with Gasteiger partial charge in [-0.3, -0.25) is 4.79 Å². The van der Waals surface area contributed by atoms with Crippen LogP contribution in [0.1, 0.15) is 43.4 Å². The van der Waals surface area contributed by atoms with E-state index in [0.29, 0.717) is 18.8 Å². The first kappa shape index (κ1) is 27.0. The maximum Gasteiger partial charge on any atom is 0.310 e. The quantitative estimate of drug-likeness (QED) is 0.168. The fraction of sp³-hybridized carbons (Fsp3) is 0.323. The summed E-state index contributed by atoms with van der Waals surface area (Å²) >= 11 is 0. The van der Waals surface area contributed by atoms with Crippen molar-refractivity contribution in [1.29, 1.82) is 0 Å². The van der Waals surface area contributed by atoms with Crippen molar-refractivity contribution in [3.63, 3.8) is 0 Å². The van der Waals surface area contributed by atoms with Crippen molar-refractivity contribution in [2.45, 2.75) is 33.1 Å². The summed E-state index contributed by atoms with van der Waals surface area (Å²) in [6.45, 7) is 5.64. The highest BCUT2D eigenvalue weighted by atomic mass is 16.5. The molecule has 36 heavy (non-hydrogen) atoms. The average Bonchev–Trinajstić information content (AvgIpc) is 2.89. The third-order valence-corrected chi connectivity index (χ3v) is 5.88. The second-order valence-electron chi connectivity index (χ2n) is 9.06. The topological polar surface area (TPSA) is 48.0 Å². The molecule has 0 aliphatic heterocycles. The molecule has 0 fully saturated rings. The zero-order valence-corrected chi connectivity index (χ0v) is 22.0. The second-order valence-corrected chi connectivity index (χ2v) is 9.06. The molecule has 0 atom stereocenters. The van der Waals surface area contributed by atoms with Crippen LogP contribution in [0, 0.1) is 0 Å². The first-order valence-electron chi connectivity index (χ1n) is 12.4. The van der Waals surface area contributed by atoms with Gasteiger partial charge in [0.2, 0.25) is 0 Å². The minimum atomic E-state index is -0.240. The van der Waals surface area contributed by atoms with E-state index in [1.54, 1.807) is 14.0 Å². The van der Waals surface area contributed by atoms with E-state index in [1.807, 2.05) is 48.5 Å². The molecule has 0 spiro atoms. The maximum absolute atomic E-state index is 11.7.